The molecular weight excluding hydrogens is 412 g/mol. The largest absolute Gasteiger partial charge is 0.457 e. The number of carbonyl (C=O) groups is 2. The Morgan fingerprint density at radius 3 is 1.61 bits per heavy atom. The lowest BCUT2D eigenvalue weighted by Crippen LogP contribution is -2.45. The molecule has 5 nitrogen and oxygen atoms in total. The summed E-state index contributed by atoms with van der Waals surface area (Å²) in [5.74, 6) is 0.957. The molecule has 0 aromatic heterocycles. The van der Waals surface area contributed by atoms with Crippen molar-refractivity contribution in [3.05, 3.63) is 131 Å². The Balaban J connectivity index is 1.57. The number of ether oxygens (including phenoxy) is 1. The quantitative estimate of drug-likeness (QED) is 0.443. The standard InChI is InChI=1S/C28H20N2O3/c31-26-28(19-11-3-1-4-12-19,20-13-5-2-6-14-20)29-27(32)30(26)25-21-15-7-9-17-23(21)33-24-18-10-8-16-22(24)25/h1-18,25H,(H,29,32). The van der Waals surface area contributed by atoms with Gasteiger partial charge in [0.1, 0.15) is 11.5 Å². The molecule has 4 aromatic rings. The number of imide groups is 1. The van der Waals surface area contributed by atoms with Crippen molar-refractivity contribution in [3.63, 3.8) is 0 Å². The number of rotatable bonds is 3. The second-order valence-corrected chi connectivity index (χ2v) is 8.17. The van der Waals surface area contributed by atoms with Gasteiger partial charge in [0.15, 0.2) is 5.54 Å². The molecule has 0 saturated carbocycles. The van der Waals surface area contributed by atoms with Crippen molar-refractivity contribution in [2.75, 3.05) is 0 Å². The zero-order valence-electron chi connectivity index (χ0n) is 17.6. The Morgan fingerprint density at radius 2 is 1.09 bits per heavy atom. The first kappa shape index (κ1) is 19.3. The third kappa shape index (κ3) is 2.79. The summed E-state index contributed by atoms with van der Waals surface area (Å²) in [6.07, 6.45) is 0. The third-order valence-corrected chi connectivity index (χ3v) is 6.37. The summed E-state index contributed by atoms with van der Waals surface area (Å²) in [6.45, 7) is 0. The van der Waals surface area contributed by atoms with Gasteiger partial charge in [0.05, 0.1) is 6.04 Å². The fourth-order valence-electron chi connectivity index (χ4n) is 4.88. The van der Waals surface area contributed by atoms with Crippen LogP contribution in [-0.2, 0) is 10.3 Å². The Bertz CT molecular complexity index is 1280. The van der Waals surface area contributed by atoms with Crippen LogP contribution in [0.25, 0.3) is 0 Å². The van der Waals surface area contributed by atoms with Crippen LogP contribution in [0.2, 0.25) is 0 Å². The van der Waals surface area contributed by atoms with Crippen molar-refractivity contribution in [3.8, 4) is 11.5 Å². The van der Waals surface area contributed by atoms with Crippen LogP contribution in [0.5, 0.6) is 11.5 Å². The van der Waals surface area contributed by atoms with Gasteiger partial charge in [0.25, 0.3) is 5.91 Å². The molecule has 5 heteroatoms. The van der Waals surface area contributed by atoms with E-state index in [-0.39, 0.29) is 5.91 Å². The van der Waals surface area contributed by atoms with Crippen molar-refractivity contribution < 1.29 is 14.3 Å². The number of urea groups is 1. The molecule has 2 heterocycles. The minimum atomic E-state index is -1.32. The lowest BCUT2D eigenvalue weighted by molar-refractivity contribution is -0.131. The van der Waals surface area contributed by atoms with Crippen LogP contribution in [-0.4, -0.2) is 16.8 Å². The molecule has 4 aromatic carbocycles. The summed E-state index contributed by atoms with van der Waals surface area (Å²) in [5.41, 5.74) is 1.66. The van der Waals surface area contributed by atoms with Crippen LogP contribution in [0, 0.1) is 0 Å². The molecule has 0 spiro atoms. The van der Waals surface area contributed by atoms with Crippen molar-refractivity contribution in [2.45, 2.75) is 11.6 Å². The number of fused-ring (bicyclic) bond motifs is 2. The monoisotopic (exact) mass is 432 g/mol. The molecule has 1 N–H and O–H groups in total. The van der Waals surface area contributed by atoms with Gasteiger partial charge in [-0.25, -0.2) is 9.69 Å². The molecule has 33 heavy (non-hydrogen) atoms. The van der Waals surface area contributed by atoms with Crippen LogP contribution < -0.4 is 10.1 Å². The third-order valence-electron chi connectivity index (χ3n) is 6.37. The lowest BCUT2D eigenvalue weighted by atomic mass is 9.82. The minimum Gasteiger partial charge on any atom is -0.457 e. The topological polar surface area (TPSA) is 58.6 Å². The van der Waals surface area contributed by atoms with Crippen molar-refractivity contribution >= 4 is 11.9 Å². The summed E-state index contributed by atoms with van der Waals surface area (Å²) in [4.78, 5) is 29.3. The molecule has 0 unspecified atom stereocenters. The zero-order valence-corrected chi connectivity index (χ0v) is 17.6. The first-order chi connectivity index (χ1) is 16.2. The van der Waals surface area contributed by atoms with Gasteiger partial charge in [-0.15, -0.1) is 0 Å². The Labute approximate surface area is 191 Å². The SMILES string of the molecule is O=C1NC(c2ccccc2)(c2ccccc2)C(=O)N1C1c2ccccc2Oc2ccccc21. The summed E-state index contributed by atoms with van der Waals surface area (Å²) in [6, 6.07) is 32.8. The van der Waals surface area contributed by atoms with Crippen LogP contribution in [0.15, 0.2) is 109 Å². The average molecular weight is 432 g/mol. The zero-order chi connectivity index (χ0) is 22.4. The van der Waals surface area contributed by atoms with Gasteiger partial charge in [-0.05, 0) is 23.3 Å². The highest BCUT2D eigenvalue weighted by Gasteiger charge is 2.56. The number of para-hydroxylation sites is 2. The summed E-state index contributed by atoms with van der Waals surface area (Å²) >= 11 is 0. The van der Waals surface area contributed by atoms with Crippen LogP contribution >= 0.6 is 0 Å². The number of amides is 3. The lowest BCUT2D eigenvalue weighted by Gasteiger charge is -2.34. The normalized spacial score (nSPS) is 16.5. The molecule has 2 aliphatic heterocycles. The maximum atomic E-state index is 14.4. The van der Waals surface area contributed by atoms with Crippen molar-refractivity contribution in [1.29, 1.82) is 0 Å². The highest BCUT2D eigenvalue weighted by atomic mass is 16.5. The van der Waals surface area contributed by atoms with E-state index in [0.29, 0.717) is 22.6 Å². The van der Waals surface area contributed by atoms with E-state index in [9.17, 15) is 9.59 Å². The fraction of sp³-hybridized carbons (Fsp3) is 0.0714. The number of carbonyl (C=O) groups excluding carboxylic acids is 2. The molecule has 160 valence electrons. The first-order valence-electron chi connectivity index (χ1n) is 10.8. The second kappa shape index (κ2) is 7.35. The van der Waals surface area contributed by atoms with Crippen molar-refractivity contribution in [2.24, 2.45) is 0 Å². The second-order valence-electron chi connectivity index (χ2n) is 8.17. The summed E-state index contributed by atoms with van der Waals surface area (Å²) < 4.78 is 6.09. The molecule has 6 rings (SSSR count). The number of benzene rings is 4. The maximum Gasteiger partial charge on any atom is 0.326 e. The van der Waals surface area contributed by atoms with E-state index >= 15 is 0 Å². The average Bonchev–Trinajstić information content (AvgIpc) is 3.14. The van der Waals surface area contributed by atoms with E-state index in [4.69, 9.17) is 4.74 Å². The van der Waals surface area contributed by atoms with Gasteiger partial charge in [0, 0.05) is 11.1 Å². The number of nitrogens with zero attached hydrogens (tertiary/aromatic N) is 1. The minimum absolute atomic E-state index is 0.318. The molecular formula is C28H20N2O3. The summed E-state index contributed by atoms with van der Waals surface area (Å²) in [7, 11) is 0. The van der Waals surface area contributed by atoms with E-state index in [1.165, 1.54) is 4.90 Å². The highest BCUT2D eigenvalue weighted by Crippen LogP contribution is 2.48. The van der Waals surface area contributed by atoms with E-state index in [1.807, 2.05) is 109 Å². The van der Waals surface area contributed by atoms with Gasteiger partial charge in [-0.1, -0.05) is 97.1 Å². The van der Waals surface area contributed by atoms with Gasteiger partial charge in [0.2, 0.25) is 0 Å². The molecule has 1 saturated heterocycles. The highest BCUT2D eigenvalue weighted by molar-refractivity contribution is 6.10. The number of hydrogen-bond acceptors (Lipinski definition) is 3. The predicted molar refractivity (Wildman–Crippen MR) is 124 cm³/mol. The molecule has 1 fully saturated rings. The Kier molecular flexibility index (Phi) is 4.30. The smallest absolute Gasteiger partial charge is 0.326 e. The van der Waals surface area contributed by atoms with Gasteiger partial charge in [-0.3, -0.25) is 4.79 Å². The number of hydrogen-bond donors (Lipinski definition) is 1. The predicted octanol–water partition coefficient (Wildman–Crippen LogP) is 5.38. The molecule has 0 radical (unpaired) electrons. The molecule has 0 bridgehead atoms. The van der Waals surface area contributed by atoms with Gasteiger partial charge >= 0.3 is 6.03 Å². The number of nitrogens with one attached hydrogen (secondary N) is 1. The van der Waals surface area contributed by atoms with E-state index in [1.54, 1.807) is 0 Å². The molecule has 3 amide bonds. The Hall–Kier alpha value is -4.38. The van der Waals surface area contributed by atoms with Crippen LogP contribution in [0.4, 0.5) is 4.79 Å². The Morgan fingerprint density at radius 1 is 0.636 bits per heavy atom. The molecule has 0 atom stereocenters. The fourth-order valence-corrected chi connectivity index (χ4v) is 4.88. The molecule has 0 aliphatic carbocycles. The van der Waals surface area contributed by atoms with E-state index in [2.05, 4.69) is 5.32 Å². The first-order valence-corrected chi connectivity index (χ1v) is 10.8. The van der Waals surface area contributed by atoms with E-state index < -0.39 is 17.6 Å². The van der Waals surface area contributed by atoms with Crippen LogP contribution in [0.3, 0.4) is 0 Å². The van der Waals surface area contributed by atoms with Gasteiger partial charge in [-0.2, -0.15) is 0 Å². The summed E-state index contributed by atoms with van der Waals surface area (Å²) in [5, 5.41) is 3.06. The molecule has 2 aliphatic rings. The van der Waals surface area contributed by atoms with E-state index in [0.717, 1.165) is 11.1 Å². The van der Waals surface area contributed by atoms with Crippen LogP contribution in [0.1, 0.15) is 28.3 Å². The maximum absolute atomic E-state index is 14.4. The van der Waals surface area contributed by atoms with Gasteiger partial charge < -0.3 is 10.1 Å². The van der Waals surface area contributed by atoms with Crippen molar-refractivity contribution in [1.82, 2.24) is 10.2 Å².